The Labute approximate surface area is 179 Å². The lowest BCUT2D eigenvalue weighted by atomic mass is 10.2. The normalized spacial score (nSPS) is 23.8. The van der Waals surface area contributed by atoms with Gasteiger partial charge in [-0.2, -0.15) is 4.98 Å². The summed E-state index contributed by atoms with van der Waals surface area (Å²) in [7, 11) is 0. The van der Waals surface area contributed by atoms with Gasteiger partial charge in [0.15, 0.2) is 12.3 Å². The van der Waals surface area contributed by atoms with Gasteiger partial charge in [0.05, 0.1) is 4.83 Å². The van der Waals surface area contributed by atoms with E-state index in [1.54, 1.807) is 0 Å². The highest BCUT2D eigenvalue weighted by Gasteiger charge is 2.47. The molecule has 0 spiro atoms. The van der Waals surface area contributed by atoms with Crippen LogP contribution in [0.4, 0.5) is 5.82 Å². The molecule has 12 heteroatoms. The average molecular weight is 493 g/mol. The van der Waals surface area contributed by atoms with Crippen molar-refractivity contribution in [3.63, 3.8) is 0 Å². The fourth-order valence-electron chi connectivity index (χ4n) is 2.69. The SMILES string of the molecule is CC(=O)Nc1nc(=O)n([C@@H]2O[C@H](COC(C)=O)[C@H](Br)[C@H]2OC(C)=O)cc1C=CCl. The van der Waals surface area contributed by atoms with Crippen LogP contribution in [0.3, 0.4) is 0 Å². The predicted molar refractivity (Wildman–Crippen MR) is 106 cm³/mol. The van der Waals surface area contributed by atoms with Crippen LogP contribution < -0.4 is 11.0 Å². The fraction of sp³-hybridized carbons (Fsp3) is 0.471. The van der Waals surface area contributed by atoms with Crippen LogP contribution in [0.5, 0.6) is 0 Å². The summed E-state index contributed by atoms with van der Waals surface area (Å²) in [6.07, 6.45) is 0.133. The zero-order chi connectivity index (χ0) is 21.7. The second-order valence-electron chi connectivity index (χ2n) is 6.09. The third-order valence-electron chi connectivity index (χ3n) is 3.81. The van der Waals surface area contributed by atoms with E-state index in [1.807, 2.05) is 0 Å². The number of nitrogens with zero attached hydrogens (tertiary/aromatic N) is 2. The number of aromatic nitrogens is 2. The lowest BCUT2D eigenvalue weighted by Crippen LogP contribution is -2.37. The molecule has 0 aliphatic carbocycles. The van der Waals surface area contributed by atoms with Gasteiger partial charge >= 0.3 is 17.6 Å². The first kappa shape index (κ1) is 23.0. The van der Waals surface area contributed by atoms with Crippen LogP contribution >= 0.6 is 27.5 Å². The van der Waals surface area contributed by atoms with Crippen LogP contribution in [-0.4, -0.2) is 51.0 Å². The summed E-state index contributed by atoms with van der Waals surface area (Å²) < 4.78 is 17.3. The third kappa shape index (κ3) is 5.87. The minimum atomic E-state index is -1.06. The number of carbonyl (C=O) groups is 3. The second kappa shape index (κ2) is 9.99. The number of nitrogens with one attached hydrogen (secondary N) is 1. The Morgan fingerprint density at radius 3 is 2.59 bits per heavy atom. The van der Waals surface area contributed by atoms with E-state index in [4.69, 9.17) is 25.8 Å². The topological polar surface area (TPSA) is 126 Å². The van der Waals surface area contributed by atoms with Gasteiger partial charge in [-0.3, -0.25) is 19.0 Å². The van der Waals surface area contributed by atoms with Crippen LogP contribution in [-0.2, 0) is 28.6 Å². The monoisotopic (exact) mass is 491 g/mol. The lowest BCUT2D eigenvalue weighted by molar-refractivity contribution is -0.153. The van der Waals surface area contributed by atoms with Gasteiger partial charge in [-0.25, -0.2) is 4.79 Å². The van der Waals surface area contributed by atoms with E-state index in [0.717, 1.165) is 4.57 Å². The number of rotatable bonds is 6. The van der Waals surface area contributed by atoms with E-state index in [2.05, 4.69) is 26.2 Å². The molecule has 0 aromatic carbocycles. The molecule has 29 heavy (non-hydrogen) atoms. The Bertz CT molecular complexity index is 888. The van der Waals surface area contributed by atoms with Gasteiger partial charge in [0.2, 0.25) is 5.91 Å². The number of hydrogen-bond donors (Lipinski definition) is 1. The molecule has 2 heterocycles. The first-order valence-electron chi connectivity index (χ1n) is 8.41. The van der Waals surface area contributed by atoms with Crippen LogP contribution in [0.1, 0.15) is 32.6 Å². The molecule has 1 N–H and O–H groups in total. The van der Waals surface area contributed by atoms with Crippen molar-refractivity contribution in [2.45, 2.75) is 44.0 Å². The first-order chi connectivity index (χ1) is 13.6. The summed E-state index contributed by atoms with van der Waals surface area (Å²) >= 11 is 9.03. The highest BCUT2D eigenvalue weighted by molar-refractivity contribution is 9.09. The molecule has 0 radical (unpaired) electrons. The summed E-state index contributed by atoms with van der Waals surface area (Å²) in [5, 5.41) is 2.44. The van der Waals surface area contributed by atoms with E-state index in [9.17, 15) is 19.2 Å². The number of esters is 2. The van der Waals surface area contributed by atoms with Crippen LogP contribution in [0.25, 0.3) is 6.08 Å². The molecule has 1 saturated heterocycles. The maximum atomic E-state index is 12.6. The maximum Gasteiger partial charge on any atom is 0.351 e. The van der Waals surface area contributed by atoms with Gasteiger partial charge in [-0.1, -0.05) is 27.5 Å². The number of amides is 1. The molecular formula is C17H19BrClN3O7. The van der Waals surface area contributed by atoms with Crippen molar-refractivity contribution in [1.82, 2.24) is 9.55 Å². The summed E-state index contributed by atoms with van der Waals surface area (Å²) in [6, 6.07) is 0. The molecule has 1 aromatic rings. The molecule has 2 rings (SSSR count). The molecule has 4 atom stereocenters. The number of hydrogen-bond acceptors (Lipinski definition) is 8. The van der Waals surface area contributed by atoms with Gasteiger partial charge in [0.25, 0.3) is 0 Å². The molecule has 0 unspecified atom stereocenters. The molecular weight excluding hydrogens is 474 g/mol. The molecule has 1 aromatic heterocycles. The molecule has 10 nitrogen and oxygen atoms in total. The van der Waals surface area contributed by atoms with Crippen molar-refractivity contribution in [3.8, 4) is 0 Å². The Morgan fingerprint density at radius 2 is 2.03 bits per heavy atom. The fourth-order valence-corrected chi connectivity index (χ4v) is 3.47. The van der Waals surface area contributed by atoms with E-state index >= 15 is 0 Å². The van der Waals surface area contributed by atoms with Crippen molar-refractivity contribution in [2.75, 3.05) is 11.9 Å². The summed E-state index contributed by atoms with van der Waals surface area (Å²) in [5.74, 6) is -1.49. The molecule has 1 aliphatic heterocycles. The minimum absolute atomic E-state index is 0.0181. The number of ether oxygens (including phenoxy) is 3. The van der Waals surface area contributed by atoms with Crippen molar-refractivity contribution in [1.29, 1.82) is 0 Å². The van der Waals surface area contributed by atoms with Crippen molar-refractivity contribution in [3.05, 3.63) is 27.8 Å². The maximum absolute atomic E-state index is 12.6. The summed E-state index contributed by atoms with van der Waals surface area (Å²) in [5.41, 5.74) is 0.762. The smallest absolute Gasteiger partial charge is 0.351 e. The minimum Gasteiger partial charge on any atom is -0.463 e. The summed E-state index contributed by atoms with van der Waals surface area (Å²) in [4.78, 5) is 49.9. The lowest BCUT2D eigenvalue weighted by Gasteiger charge is -2.22. The van der Waals surface area contributed by atoms with E-state index in [-0.39, 0.29) is 12.4 Å². The molecule has 0 bridgehead atoms. The summed E-state index contributed by atoms with van der Waals surface area (Å²) in [6.45, 7) is 3.63. The van der Waals surface area contributed by atoms with Gasteiger partial charge < -0.3 is 19.5 Å². The third-order valence-corrected chi connectivity index (χ3v) is 5.04. The van der Waals surface area contributed by atoms with Crippen LogP contribution in [0.15, 0.2) is 16.5 Å². The standard InChI is InChI=1S/C17H19BrClN3O7/c1-8(23)20-15-11(4-5-19)6-22(17(26)21-15)16-14(28-10(3)25)13(18)12(29-16)7-27-9(2)24/h4-6,12-14,16H,7H2,1-3H3,(H,20,21,23,26)/t12-,13+,14-,16-/m1/s1. The van der Waals surface area contributed by atoms with E-state index < -0.39 is 46.8 Å². The van der Waals surface area contributed by atoms with E-state index in [1.165, 1.54) is 38.6 Å². The van der Waals surface area contributed by atoms with Crippen LogP contribution in [0.2, 0.25) is 0 Å². The quantitative estimate of drug-likeness (QED) is 0.468. The second-order valence-corrected chi connectivity index (χ2v) is 7.40. The number of alkyl halides is 1. The Hall–Kier alpha value is -2.24. The largest absolute Gasteiger partial charge is 0.463 e. The highest BCUT2D eigenvalue weighted by atomic mass is 79.9. The van der Waals surface area contributed by atoms with Crippen molar-refractivity contribution in [2.24, 2.45) is 0 Å². The molecule has 0 saturated carbocycles. The number of carbonyl (C=O) groups excluding carboxylic acids is 3. The van der Waals surface area contributed by atoms with Gasteiger partial charge in [-0.05, 0) is 6.08 Å². The van der Waals surface area contributed by atoms with Crippen molar-refractivity contribution >= 4 is 57.3 Å². The first-order valence-corrected chi connectivity index (χ1v) is 9.77. The Kier molecular flexibility index (Phi) is 7.94. The number of halogens is 2. The van der Waals surface area contributed by atoms with Gasteiger partial charge in [0, 0.05) is 38.1 Å². The average Bonchev–Trinajstić information content (AvgIpc) is 2.90. The molecule has 1 amide bonds. The molecule has 1 aliphatic rings. The molecule has 158 valence electrons. The van der Waals surface area contributed by atoms with Gasteiger partial charge in [-0.15, -0.1) is 0 Å². The molecule has 1 fully saturated rings. The van der Waals surface area contributed by atoms with Gasteiger partial charge in [0.1, 0.15) is 18.5 Å². The highest BCUT2D eigenvalue weighted by Crippen LogP contribution is 2.36. The zero-order valence-corrected chi connectivity index (χ0v) is 18.1. The Balaban J connectivity index is 2.46. The predicted octanol–water partition coefficient (Wildman–Crippen LogP) is 1.57. The van der Waals surface area contributed by atoms with E-state index in [0.29, 0.717) is 5.56 Å². The Morgan fingerprint density at radius 1 is 1.34 bits per heavy atom. The van der Waals surface area contributed by atoms with Crippen molar-refractivity contribution < 1.29 is 28.6 Å². The number of anilines is 1. The van der Waals surface area contributed by atoms with Crippen LogP contribution in [0, 0.1) is 0 Å². The zero-order valence-electron chi connectivity index (χ0n) is 15.8.